The number of nitrogens with zero attached hydrogens (tertiary/aromatic N) is 5. The molecule has 6 aromatic rings. The summed E-state index contributed by atoms with van der Waals surface area (Å²) in [7, 11) is 0.672. The highest BCUT2D eigenvalue weighted by Crippen LogP contribution is 2.41. The van der Waals surface area contributed by atoms with E-state index in [1.807, 2.05) is 27.7 Å². The number of amides is 4. The van der Waals surface area contributed by atoms with Crippen LogP contribution in [0.3, 0.4) is 0 Å². The smallest absolute Gasteiger partial charge is 0.462 e. The number of alkyl halides is 6. The largest absolute Gasteiger partial charge is 0.497 e. The van der Waals surface area contributed by atoms with Crippen LogP contribution in [0.4, 0.5) is 47.6 Å². The molecule has 4 amide bonds. The number of halogens is 6. The average molecular weight is 1030 g/mol. The number of ether oxygens (including phenoxy) is 2. The minimum atomic E-state index is -4.65. The number of carbonyl (C=O) groups excluding carboxylic acids is 3. The summed E-state index contributed by atoms with van der Waals surface area (Å²) in [5.74, 6) is -0.521. The number of urea groups is 2. The Morgan fingerprint density at radius 2 is 1.31 bits per heavy atom. The second-order valence-electron chi connectivity index (χ2n) is 16.4. The van der Waals surface area contributed by atoms with Crippen molar-refractivity contribution in [3.05, 3.63) is 86.9 Å². The van der Waals surface area contributed by atoms with Gasteiger partial charge in [-0.1, -0.05) is 6.07 Å². The number of thiazole rings is 2. The molecule has 17 nitrogen and oxygen atoms in total. The molecule has 0 unspecified atom stereocenters. The SMILES string of the molecule is CCNC(=O)Nc1cc(-c2nc(C(F)(F)F)cs2)c(-c2ccc3c(c2)c(=O)c(C(=O)OCC)cn3CCOC)cn1.CCNC(=O)Nc1cc(-c2nc(C(F)(F)F)cs2)c(B2OC(C)(C)C(C)(C)O2)cn1. The van der Waals surface area contributed by atoms with Gasteiger partial charge in [0.25, 0.3) is 0 Å². The highest BCUT2D eigenvalue weighted by atomic mass is 32.1. The topological polar surface area (TPSA) is 210 Å². The van der Waals surface area contributed by atoms with Gasteiger partial charge in [-0.3, -0.25) is 15.4 Å². The summed E-state index contributed by atoms with van der Waals surface area (Å²) in [6, 6.07) is 6.76. The lowest BCUT2D eigenvalue weighted by molar-refractivity contribution is -0.141. The molecule has 0 spiro atoms. The van der Waals surface area contributed by atoms with Crippen molar-refractivity contribution in [1.29, 1.82) is 0 Å². The quantitative estimate of drug-likeness (QED) is 0.0486. The first-order valence-electron chi connectivity index (χ1n) is 21.8. The van der Waals surface area contributed by atoms with Gasteiger partial charge in [-0.15, -0.1) is 22.7 Å². The van der Waals surface area contributed by atoms with Crippen LogP contribution in [0, 0.1) is 0 Å². The summed E-state index contributed by atoms with van der Waals surface area (Å²) in [5.41, 5.74) is -1.73. The number of rotatable bonds is 13. The molecule has 1 aliphatic rings. The predicted molar refractivity (Wildman–Crippen MR) is 257 cm³/mol. The van der Waals surface area contributed by atoms with E-state index in [9.17, 15) is 45.5 Å². The number of benzene rings is 1. The maximum absolute atomic E-state index is 13.4. The third kappa shape index (κ3) is 12.5. The Labute approximate surface area is 410 Å². The molecule has 26 heteroatoms. The highest BCUT2D eigenvalue weighted by molar-refractivity contribution is 7.13. The maximum atomic E-state index is 13.4. The van der Waals surface area contributed by atoms with Crippen LogP contribution in [0.25, 0.3) is 43.2 Å². The number of hydrogen-bond acceptors (Lipinski definition) is 14. The third-order valence-corrected chi connectivity index (χ3v) is 12.7. The van der Waals surface area contributed by atoms with Gasteiger partial charge in [0.05, 0.1) is 29.9 Å². The zero-order valence-electron chi connectivity index (χ0n) is 39.5. The lowest BCUT2D eigenvalue weighted by Crippen LogP contribution is -2.41. The molecule has 0 saturated carbocycles. The number of esters is 1. The Hall–Kier alpha value is -6.48. The fraction of sp³-hybridized carbons (Fsp3) is 0.378. The van der Waals surface area contributed by atoms with Crippen LogP contribution in [0.15, 0.2) is 64.5 Å². The Morgan fingerprint density at radius 3 is 1.82 bits per heavy atom. The molecule has 1 aliphatic heterocycles. The first-order valence-corrected chi connectivity index (χ1v) is 23.5. The monoisotopic (exact) mass is 1030 g/mol. The zero-order valence-corrected chi connectivity index (χ0v) is 41.1. The number of anilines is 2. The molecule has 5 aromatic heterocycles. The number of aromatic nitrogens is 5. The van der Waals surface area contributed by atoms with Gasteiger partial charge in [-0.05, 0) is 78.3 Å². The molecular formula is C45H48BF6N9O8S2. The first-order chi connectivity index (χ1) is 33.4. The number of carbonyl (C=O) groups is 3. The van der Waals surface area contributed by atoms with E-state index in [1.54, 1.807) is 43.5 Å². The van der Waals surface area contributed by atoms with Crippen LogP contribution in [0.5, 0.6) is 0 Å². The van der Waals surface area contributed by atoms with Crippen LogP contribution in [-0.4, -0.2) is 94.3 Å². The second kappa shape index (κ2) is 21.9. The van der Waals surface area contributed by atoms with Gasteiger partial charge in [0.15, 0.2) is 11.4 Å². The van der Waals surface area contributed by atoms with Crippen molar-refractivity contribution in [2.75, 3.05) is 44.0 Å². The van der Waals surface area contributed by atoms with Gasteiger partial charge >= 0.3 is 37.5 Å². The fourth-order valence-corrected chi connectivity index (χ4v) is 8.52. The third-order valence-electron chi connectivity index (χ3n) is 11.0. The van der Waals surface area contributed by atoms with Crippen LogP contribution in [0.2, 0.25) is 0 Å². The van der Waals surface area contributed by atoms with E-state index < -0.39 is 65.5 Å². The highest BCUT2D eigenvalue weighted by Gasteiger charge is 2.52. The van der Waals surface area contributed by atoms with Crippen molar-refractivity contribution in [3.63, 3.8) is 0 Å². The molecule has 1 fully saturated rings. The summed E-state index contributed by atoms with van der Waals surface area (Å²) in [5, 5.41) is 12.4. The molecule has 7 rings (SSSR count). The molecule has 0 bridgehead atoms. The number of methoxy groups -OCH3 is 1. The number of pyridine rings is 3. The normalized spacial score (nSPS) is 14.1. The molecule has 6 heterocycles. The summed E-state index contributed by atoms with van der Waals surface area (Å²) in [4.78, 5) is 65.9. The lowest BCUT2D eigenvalue weighted by atomic mass is 9.77. The maximum Gasteiger partial charge on any atom is 0.497 e. The lowest BCUT2D eigenvalue weighted by Gasteiger charge is -2.32. The molecule has 1 saturated heterocycles. The Morgan fingerprint density at radius 1 is 0.775 bits per heavy atom. The van der Waals surface area contributed by atoms with Crippen molar-refractivity contribution < 1.29 is 59.5 Å². The molecule has 4 N–H and O–H groups in total. The van der Waals surface area contributed by atoms with Gasteiger partial charge in [-0.2, -0.15) is 26.3 Å². The fourth-order valence-electron chi connectivity index (χ4n) is 6.80. The van der Waals surface area contributed by atoms with E-state index >= 15 is 0 Å². The molecule has 0 aliphatic carbocycles. The molecule has 0 radical (unpaired) electrons. The van der Waals surface area contributed by atoms with Gasteiger partial charge in [0.2, 0.25) is 5.43 Å². The predicted octanol–water partition coefficient (Wildman–Crippen LogP) is 8.83. The van der Waals surface area contributed by atoms with Crippen LogP contribution >= 0.6 is 22.7 Å². The number of hydrogen-bond donors (Lipinski definition) is 4. The number of fused-ring (bicyclic) bond motifs is 1. The molecule has 378 valence electrons. The van der Waals surface area contributed by atoms with Gasteiger partial charge in [0.1, 0.15) is 27.2 Å². The zero-order chi connectivity index (χ0) is 52.1. The van der Waals surface area contributed by atoms with Crippen molar-refractivity contribution in [1.82, 2.24) is 35.1 Å². The van der Waals surface area contributed by atoms with E-state index in [-0.39, 0.29) is 44.8 Å². The molecule has 71 heavy (non-hydrogen) atoms. The number of nitrogens with one attached hydrogen (secondary N) is 4. The van der Waals surface area contributed by atoms with Crippen LogP contribution < -0.4 is 32.2 Å². The standard InChI is InChI=1S/C27H26F3N5O5S.C18H22BF3N4O3S/c1-4-31-26(38)34-22-11-16(24-33-21(14-41-24)27(28,29)30)18(12-32-22)15-6-7-20-17(10-15)23(36)19(25(37)40-5-2)13-35(20)8-9-39-3;1-6-23-15(27)26-13-7-10(14-25-12(9-30-14)18(20,21)22)11(8-24-13)19-28-16(2,3)17(4,5)29-19/h6-7,10-14H,4-5,8-9H2,1-3H3,(H2,31,32,34,38);7-9H,6H2,1-5H3,(H2,23,24,26,27). The summed E-state index contributed by atoms with van der Waals surface area (Å²) >= 11 is 1.62. The minimum absolute atomic E-state index is 0.0338. The van der Waals surface area contributed by atoms with Gasteiger partial charge < -0.3 is 34.0 Å². The second-order valence-corrected chi connectivity index (χ2v) is 18.1. The van der Waals surface area contributed by atoms with Crippen LogP contribution in [-0.2, 0) is 37.7 Å². The summed E-state index contributed by atoms with van der Waals surface area (Å²) in [6.45, 7) is 14.1. The first kappa shape index (κ1) is 53.9. The van der Waals surface area contributed by atoms with E-state index in [1.165, 1.54) is 37.8 Å². The van der Waals surface area contributed by atoms with Gasteiger partial charge in [0, 0.05) is 83.6 Å². The molecule has 1 aromatic carbocycles. The Kier molecular flexibility index (Phi) is 16.6. The van der Waals surface area contributed by atoms with Crippen LogP contribution in [0.1, 0.15) is 70.2 Å². The average Bonchev–Trinajstić information content (AvgIpc) is 4.05. The summed E-state index contributed by atoms with van der Waals surface area (Å²) in [6.07, 6.45) is -4.98. The summed E-state index contributed by atoms with van der Waals surface area (Å²) < 4.78 is 103. The van der Waals surface area contributed by atoms with Crippen molar-refractivity contribution >= 4 is 75.8 Å². The van der Waals surface area contributed by atoms with Gasteiger partial charge in [-0.25, -0.2) is 34.3 Å². The van der Waals surface area contributed by atoms with Crippen molar-refractivity contribution in [2.24, 2.45) is 0 Å². The van der Waals surface area contributed by atoms with E-state index in [0.29, 0.717) is 53.9 Å². The van der Waals surface area contributed by atoms with Crippen molar-refractivity contribution in [3.8, 4) is 32.3 Å². The van der Waals surface area contributed by atoms with E-state index in [4.69, 9.17) is 18.8 Å². The molecule has 0 atom stereocenters. The van der Waals surface area contributed by atoms with E-state index in [2.05, 4.69) is 41.2 Å². The Bertz CT molecular complexity index is 2960. The van der Waals surface area contributed by atoms with Crippen molar-refractivity contribution in [2.45, 2.75) is 78.6 Å². The molecular weight excluding hydrogens is 983 g/mol. The Balaban J connectivity index is 0.000000244. The van der Waals surface area contributed by atoms with E-state index in [0.717, 1.165) is 33.4 Å². The minimum Gasteiger partial charge on any atom is -0.462 e.